The van der Waals surface area contributed by atoms with E-state index in [2.05, 4.69) is 22.1 Å². The van der Waals surface area contributed by atoms with Gasteiger partial charge in [-0.3, -0.25) is 5.10 Å². The van der Waals surface area contributed by atoms with Crippen LogP contribution in [0.25, 0.3) is 11.3 Å². The lowest BCUT2D eigenvalue weighted by molar-refractivity contribution is 0.0690. The monoisotopic (exact) mass is 321 g/mol. The number of nitrogens with zero attached hydrogens (tertiary/aromatic N) is 2. The Kier molecular flexibility index (Phi) is 4.04. The van der Waals surface area contributed by atoms with Gasteiger partial charge in [-0.25, -0.2) is 4.79 Å². The molecular formula is C15H16ClN3O3. The Labute approximate surface area is 132 Å². The zero-order valence-electron chi connectivity index (χ0n) is 12.0. The van der Waals surface area contributed by atoms with Gasteiger partial charge in [-0.1, -0.05) is 11.6 Å². The maximum absolute atomic E-state index is 10.9. The zero-order valence-corrected chi connectivity index (χ0v) is 12.8. The molecule has 1 saturated heterocycles. The number of benzene rings is 1. The van der Waals surface area contributed by atoms with Crippen molar-refractivity contribution in [3.63, 3.8) is 0 Å². The molecule has 116 valence electrons. The smallest absolute Gasteiger partial charge is 0.353 e. The number of likely N-dealkylation sites (tertiary alicyclic amines) is 1. The number of rotatable bonds is 4. The average Bonchev–Trinajstić information content (AvgIpc) is 3.10. The fraction of sp³-hybridized carbons (Fsp3) is 0.333. The number of carboxylic acids is 1. The van der Waals surface area contributed by atoms with Gasteiger partial charge < -0.3 is 14.7 Å². The predicted octanol–water partition coefficient (Wildman–Crippen LogP) is 2.51. The number of aromatic nitrogens is 2. The SMILES string of the molecule is CN1CCC(Oc2ccc(-c3cc(C(=O)O)[nH]n3)cc2Cl)C1. The summed E-state index contributed by atoms with van der Waals surface area (Å²) < 4.78 is 5.91. The van der Waals surface area contributed by atoms with E-state index in [0.717, 1.165) is 25.1 Å². The summed E-state index contributed by atoms with van der Waals surface area (Å²) in [5, 5.41) is 15.8. The van der Waals surface area contributed by atoms with Gasteiger partial charge in [0.05, 0.1) is 10.7 Å². The van der Waals surface area contributed by atoms with Gasteiger partial charge in [0.2, 0.25) is 0 Å². The van der Waals surface area contributed by atoms with Crippen LogP contribution in [0.15, 0.2) is 24.3 Å². The molecule has 1 fully saturated rings. The summed E-state index contributed by atoms with van der Waals surface area (Å²) in [7, 11) is 2.06. The summed E-state index contributed by atoms with van der Waals surface area (Å²) in [6.45, 7) is 1.91. The zero-order chi connectivity index (χ0) is 15.7. The van der Waals surface area contributed by atoms with Crippen molar-refractivity contribution in [2.45, 2.75) is 12.5 Å². The predicted molar refractivity (Wildman–Crippen MR) is 82.5 cm³/mol. The van der Waals surface area contributed by atoms with E-state index in [1.54, 1.807) is 12.1 Å². The van der Waals surface area contributed by atoms with Crippen molar-refractivity contribution >= 4 is 17.6 Å². The number of carbonyl (C=O) groups is 1. The first kappa shape index (κ1) is 14.9. The second-order valence-corrected chi connectivity index (χ2v) is 5.82. The van der Waals surface area contributed by atoms with Crippen LogP contribution in [0.2, 0.25) is 5.02 Å². The van der Waals surface area contributed by atoms with Gasteiger partial charge in [0.25, 0.3) is 0 Å². The topological polar surface area (TPSA) is 78.5 Å². The number of halogens is 1. The van der Waals surface area contributed by atoms with Crippen LogP contribution < -0.4 is 4.74 Å². The number of hydrogen-bond donors (Lipinski definition) is 2. The normalized spacial score (nSPS) is 18.5. The summed E-state index contributed by atoms with van der Waals surface area (Å²) >= 11 is 6.27. The first-order chi connectivity index (χ1) is 10.5. The van der Waals surface area contributed by atoms with Crippen molar-refractivity contribution in [1.29, 1.82) is 0 Å². The van der Waals surface area contributed by atoms with Gasteiger partial charge in [0.15, 0.2) is 0 Å². The molecule has 0 radical (unpaired) electrons. The van der Waals surface area contributed by atoms with Crippen molar-refractivity contribution in [3.05, 3.63) is 35.0 Å². The molecule has 1 aliphatic rings. The van der Waals surface area contributed by atoms with E-state index in [4.69, 9.17) is 21.4 Å². The molecule has 0 saturated carbocycles. The van der Waals surface area contributed by atoms with Crippen molar-refractivity contribution in [2.75, 3.05) is 20.1 Å². The molecule has 2 N–H and O–H groups in total. The maximum atomic E-state index is 10.9. The lowest BCUT2D eigenvalue weighted by atomic mass is 10.1. The molecule has 22 heavy (non-hydrogen) atoms. The van der Waals surface area contributed by atoms with Crippen LogP contribution in [-0.2, 0) is 0 Å². The number of nitrogens with one attached hydrogen (secondary N) is 1. The summed E-state index contributed by atoms with van der Waals surface area (Å²) in [4.78, 5) is 13.1. The van der Waals surface area contributed by atoms with E-state index >= 15 is 0 Å². The molecule has 0 bridgehead atoms. The number of carboxylic acid groups (broad SMARTS) is 1. The second-order valence-electron chi connectivity index (χ2n) is 5.41. The van der Waals surface area contributed by atoms with E-state index < -0.39 is 5.97 Å². The minimum atomic E-state index is -1.05. The highest BCUT2D eigenvalue weighted by Crippen LogP contribution is 2.31. The van der Waals surface area contributed by atoms with Gasteiger partial charge in [-0.15, -0.1) is 0 Å². The van der Waals surface area contributed by atoms with Crippen LogP contribution in [0.4, 0.5) is 0 Å². The van der Waals surface area contributed by atoms with E-state index in [1.807, 2.05) is 6.07 Å². The molecule has 0 spiro atoms. The molecule has 3 rings (SSSR count). The highest BCUT2D eigenvalue weighted by Gasteiger charge is 2.22. The van der Waals surface area contributed by atoms with Gasteiger partial charge >= 0.3 is 5.97 Å². The molecule has 2 heterocycles. The quantitative estimate of drug-likeness (QED) is 0.904. The van der Waals surface area contributed by atoms with E-state index in [-0.39, 0.29) is 11.8 Å². The van der Waals surface area contributed by atoms with Crippen molar-refractivity contribution in [1.82, 2.24) is 15.1 Å². The molecule has 0 aliphatic carbocycles. The molecular weight excluding hydrogens is 306 g/mol. The van der Waals surface area contributed by atoms with E-state index in [9.17, 15) is 4.79 Å². The third-order valence-corrected chi connectivity index (χ3v) is 3.97. The van der Waals surface area contributed by atoms with Crippen molar-refractivity contribution in [3.8, 4) is 17.0 Å². The molecule has 1 aliphatic heterocycles. The van der Waals surface area contributed by atoms with E-state index in [1.165, 1.54) is 6.07 Å². The van der Waals surface area contributed by atoms with Crippen LogP contribution in [0.3, 0.4) is 0 Å². The Balaban J connectivity index is 1.77. The molecule has 1 atom stereocenters. The lowest BCUT2D eigenvalue weighted by Gasteiger charge is -2.15. The summed E-state index contributed by atoms with van der Waals surface area (Å²) in [5.41, 5.74) is 1.32. The number of likely N-dealkylation sites (N-methyl/N-ethyl adjacent to an activating group) is 1. The molecule has 6 nitrogen and oxygen atoms in total. The molecule has 7 heteroatoms. The Bertz CT molecular complexity index is 701. The summed E-state index contributed by atoms with van der Waals surface area (Å²) in [5.74, 6) is -0.408. The lowest BCUT2D eigenvalue weighted by Crippen LogP contribution is -2.21. The largest absolute Gasteiger partial charge is 0.487 e. The molecule has 1 aromatic carbocycles. The maximum Gasteiger partial charge on any atom is 0.353 e. The Morgan fingerprint density at radius 1 is 1.50 bits per heavy atom. The Hall–Kier alpha value is -2.05. The number of aromatic carboxylic acids is 1. The highest BCUT2D eigenvalue weighted by molar-refractivity contribution is 6.32. The molecule has 1 unspecified atom stereocenters. The van der Waals surface area contributed by atoms with Crippen molar-refractivity contribution in [2.24, 2.45) is 0 Å². The van der Waals surface area contributed by atoms with Gasteiger partial charge in [-0.05, 0) is 37.7 Å². The first-order valence-corrected chi connectivity index (χ1v) is 7.34. The van der Waals surface area contributed by atoms with Crippen LogP contribution in [0, 0.1) is 0 Å². The van der Waals surface area contributed by atoms with Gasteiger partial charge in [0, 0.05) is 18.7 Å². The standard InChI is InChI=1S/C15H16ClN3O3/c1-19-5-4-10(8-19)22-14-3-2-9(6-11(14)16)12-7-13(15(20)21)18-17-12/h2-3,6-7,10H,4-5,8H2,1H3,(H,17,18)(H,20,21). The molecule has 1 aromatic heterocycles. The third kappa shape index (κ3) is 3.08. The van der Waals surface area contributed by atoms with Crippen LogP contribution in [0.1, 0.15) is 16.9 Å². The number of H-pyrrole nitrogens is 1. The second kappa shape index (κ2) is 5.98. The van der Waals surface area contributed by atoms with Crippen LogP contribution >= 0.6 is 11.6 Å². The van der Waals surface area contributed by atoms with Crippen LogP contribution in [0.5, 0.6) is 5.75 Å². The summed E-state index contributed by atoms with van der Waals surface area (Å²) in [6, 6.07) is 6.82. The minimum absolute atomic E-state index is 0.0421. The number of ether oxygens (including phenoxy) is 1. The fourth-order valence-corrected chi connectivity index (χ4v) is 2.73. The van der Waals surface area contributed by atoms with Crippen LogP contribution in [-0.4, -0.2) is 52.4 Å². The van der Waals surface area contributed by atoms with Crippen molar-refractivity contribution < 1.29 is 14.6 Å². The third-order valence-electron chi connectivity index (χ3n) is 3.68. The van der Waals surface area contributed by atoms with E-state index in [0.29, 0.717) is 16.5 Å². The van der Waals surface area contributed by atoms with Gasteiger partial charge in [0.1, 0.15) is 17.5 Å². The first-order valence-electron chi connectivity index (χ1n) is 6.97. The van der Waals surface area contributed by atoms with Gasteiger partial charge in [-0.2, -0.15) is 5.10 Å². The average molecular weight is 322 g/mol. The summed E-state index contributed by atoms with van der Waals surface area (Å²) in [6.07, 6.45) is 1.13. The number of aromatic amines is 1. The highest BCUT2D eigenvalue weighted by atomic mass is 35.5. The number of hydrogen-bond acceptors (Lipinski definition) is 4. The molecule has 2 aromatic rings. The Morgan fingerprint density at radius 3 is 2.91 bits per heavy atom. The fourth-order valence-electron chi connectivity index (χ4n) is 2.51. The Morgan fingerprint density at radius 2 is 2.32 bits per heavy atom. The molecule has 0 amide bonds. The minimum Gasteiger partial charge on any atom is -0.487 e.